The van der Waals surface area contributed by atoms with Crippen molar-refractivity contribution in [3.63, 3.8) is 0 Å². The molecule has 4 heteroatoms. The van der Waals surface area contributed by atoms with Crippen LogP contribution >= 0.6 is 11.6 Å². The SMILES string of the molecule is Cn1ccnc1-c1c(F)cccc1Cl. The number of aromatic nitrogens is 2. The molecule has 0 atom stereocenters. The summed E-state index contributed by atoms with van der Waals surface area (Å²) in [6, 6.07) is 4.59. The molecule has 2 rings (SSSR count). The Labute approximate surface area is 86.0 Å². The van der Waals surface area contributed by atoms with E-state index in [4.69, 9.17) is 11.6 Å². The number of aryl methyl sites for hydroxylation is 1. The Morgan fingerprint density at radius 2 is 2.21 bits per heavy atom. The van der Waals surface area contributed by atoms with Crippen molar-refractivity contribution in [2.75, 3.05) is 0 Å². The van der Waals surface area contributed by atoms with E-state index in [1.807, 2.05) is 0 Å². The maximum atomic E-state index is 13.5. The summed E-state index contributed by atoms with van der Waals surface area (Å²) in [5.41, 5.74) is 0.349. The zero-order valence-corrected chi connectivity index (χ0v) is 8.29. The predicted octanol–water partition coefficient (Wildman–Crippen LogP) is 2.88. The van der Waals surface area contributed by atoms with Gasteiger partial charge < -0.3 is 4.57 Å². The van der Waals surface area contributed by atoms with Gasteiger partial charge in [-0.2, -0.15) is 0 Å². The van der Waals surface area contributed by atoms with E-state index in [0.29, 0.717) is 16.4 Å². The van der Waals surface area contributed by atoms with Crippen molar-refractivity contribution >= 4 is 11.6 Å². The van der Waals surface area contributed by atoms with Crippen molar-refractivity contribution in [2.24, 2.45) is 7.05 Å². The first kappa shape index (κ1) is 9.21. The monoisotopic (exact) mass is 210 g/mol. The van der Waals surface area contributed by atoms with E-state index in [2.05, 4.69) is 4.98 Å². The molecule has 1 aromatic carbocycles. The highest BCUT2D eigenvalue weighted by atomic mass is 35.5. The van der Waals surface area contributed by atoms with E-state index in [1.165, 1.54) is 6.07 Å². The Kier molecular flexibility index (Phi) is 2.25. The summed E-state index contributed by atoms with van der Waals surface area (Å²) in [5.74, 6) is 0.180. The maximum absolute atomic E-state index is 13.5. The Morgan fingerprint density at radius 1 is 1.43 bits per heavy atom. The lowest BCUT2D eigenvalue weighted by atomic mass is 10.2. The van der Waals surface area contributed by atoms with Crippen LogP contribution in [0.2, 0.25) is 5.02 Å². The standard InChI is InChI=1S/C10H8ClFN2/c1-14-6-5-13-10(14)9-7(11)3-2-4-8(9)12/h2-6H,1H3. The Morgan fingerprint density at radius 3 is 2.79 bits per heavy atom. The highest BCUT2D eigenvalue weighted by molar-refractivity contribution is 6.33. The van der Waals surface area contributed by atoms with Crippen molar-refractivity contribution in [3.05, 3.63) is 41.4 Å². The topological polar surface area (TPSA) is 17.8 Å². The molecule has 0 aliphatic heterocycles. The van der Waals surface area contributed by atoms with Crippen LogP contribution in [0, 0.1) is 5.82 Å². The Bertz CT molecular complexity index is 445. The fourth-order valence-electron chi connectivity index (χ4n) is 1.32. The summed E-state index contributed by atoms with van der Waals surface area (Å²) < 4.78 is 15.2. The average Bonchev–Trinajstić information content (AvgIpc) is 2.52. The molecule has 0 spiro atoms. The van der Waals surface area contributed by atoms with Gasteiger partial charge in [0, 0.05) is 19.4 Å². The smallest absolute Gasteiger partial charge is 0.144 e. The lowest BCUT2D eigenvalue weighted by Gasteiger charge is -2.05. The van der Waals surface area contributed by atoms with Crippen LogP contribution < -0.4 is 0 Å². The summed E-state index contributed by atoms with van der Waals surface area (Å²) in [5, 5.41) is 0.374. The molecule has 0 unspecified atom stereocenters. The zero-order valence-electron chi connectivity index (χ0n) is 7.54. The van der Waals surface area contributed by atoms with Crippen LogP contribution in [0.25, 0.3) is 11.4 Å². The van der Waals surface area contributed by atoms with Gasteiger partial charge in [-0.3, -0.25) is 0 Å². The van der Waals surface area contributed by atoms with Gasteiger partial charge >= 0.3 is 0 Å². The summed E-state index contributed by atoms with van der Waals surface area (Å²) in [6.45, 7) is 0. The van der Waals surface area contributed by atoms with E-state index < -0.39 is 0 Å². The van der Waals surface area contributed by atoms with Gasteiger partial charge in [0.05, 0.1) is 10.6 Å². The Hall–Kier alpha value is -1.35. The first-order valence-corrected chi connectivity index (χ1v) is 4.49. The van der Waals surface area contributed by atoms with Gasteiger partial charge in [-0.1, -0.05) is 17.7 Å². The minimum atomic E-state index is -0.355. The summed E-state index contributed by atoms with van der Waals surface area (Å²) in [6.07, 6.45) is 3.36. The van der Waals surface area contributed by atoms with Gasteiger partial charge in [0.1, 0.15) is 11.6 Å². The summed E-state index contributed by atoms with van der Waals surface area (Å²) >= 11 is 5.90. The first-order chi connectivity index (χ1) is 6.70. The van der Waals surface area contributed by atoms with Crippen molar-refractivity contribution in [2.45, 2.75) is 0 Å². The summed E-state index contributed by atoms with van der Waals surface area (Å²) in [7, 11) is 1.80. The second-order valence-corrected chi connectivity index (χ2v) is 3.37. The molecule has 0 aliphatic rings. The van der Waals surface area contributed by atoms with E-state index in [1.54, 1.807) is 36.1 Å². The number of imidazole rings is 1. The van der Waals surface area contributed by atoms with Crippen LogP contribution in [-0.2, 0) is 7.05 Å². The molecule has 0 fully saturated rings. The van der Waals surface area contributed by atoms with E-state index in [9.17, 15) is 4.39 Å². The number of rotatable bonds is 1. The van der Waals surface area contributed by atoms with E-state index in [0.717, 1.165) is 0 Å². The second-order valence-electron chi connectivity index (χ2n) is 2.96. The molecule has 0 amide bonds. The second kappa shape index (κ2) is 3.42. The molecule has 1 aromatic heterocycles. The van der Waals surface area contributed by atoms with E-state index >= 15 is 0 Å². The minimum Gasteiger partial charge on any atom is -0.334 e. The third-order valence-corrected chi connectivity index (χ3v) is 2.32. The van der Waals surface area contributed by atoms with Gasteiger partial charge in [0.2, 0.25) is 0 Å². The molecule has 0 bridgehead atoms. The van der Waals surface area contributed by atoms with Crippen molar-refractivity contribution in [1.29, 1.82) is 0 Å². The quantitative estimate of drug-likeness (QED) is 0.708. The van der Waals surface area contributed by atoms with Gasteiger partial charge in [-0.25, -0.2) is 9.37 Å². The number of halogens is 2. The molecule has 0 radical (unpaired) electrons. The third kappa shape index (κ3) is 1.40. The normalized spacial score (nSPS) is 10.5. The first-order valence-electron chi connectivity index (χ1n) is 4.12. The van der Waals surface area contributed by atoms with Gasteiger partial charge in [-0.05, 0) is 12.1 Å². The molecular weight excluding hydrogens is 203 g/mol. The fourth-order valence-corrected chi connectivity index (χ4v) is 1.57. The molecule has 1 heterocycles. The number of nitrogens with zero attached hydrogens (tertiary/aromatic N) is 2. The summed E-state index contributed by atoms with van der Waals surface area (Å²) in [4.78, 5) is 4.05. The van der Waals surface area contributed by atoms with Crippen molar-refractivity contribution in [3.8, 4) is 11.4 Å². The van der Waals surface area contributed by atoms with Gasteiger partial charge in [0.25, 0.3) is 0 Å². The average molecular weight is 211 g/mol. The minimum absolute atomic E-state index is 0.349. The molecule has 0 N–H and O–H groups in total. The lowest BCUT2D eigenvalue weighted by Crippen LogP contribution is -1.94. The number of hydrogen-bond acceptors (Lipinski definition) is 1. The Balaban J connectivity index is 2.68. The molecule has 0 aliphatic carbocycles. The molecular formula is C10H8ClFN2. The maximum Gasteiger partial charge on any atom is 0.144 e. The number of hydrogen-bond donors (Lipinski definition) is 0. The van der Waals surface area contributed by atoms with Crippen molar-refractivity contribution in [1.82, 2.24) is 9.55 Å². The van der Waals surface area contributed by atoms with Crippen molar-refractivity contribution < 1.29 is 4.39 Å². The van der Waals surface area contributed by atoms with Crippen LogP contribution in [-0.4, -0.2) is 9.55 Å². The fraction of sp³-hybridized carbons (Fsp3) is 0.100. The molecule has 2 aromatic rings. The van der Waals surface area contributed by atoms with Crippen LogP contribution in [0.15, 0.2) is 30.6 Å². The lowest BCUT2D eigenvalue weighted by molar-refractivity contribution is 0.629. The van der Waals surface area contributed by atoms with Crippen LogP contribution in [0.5, 0.6) is 0 Å². The third-order valence-electron chi connectivity index (χ3n) is 2.01. The molecule has 0 saturated heterocycles. The highest BCUT2D eigenvalue weighted by Gasteiger charge is 2.12. The molecule has 2 nitrogen and oxygen atoms in total. The number of benzene rings is 1. The molecule has 72 valence electrons. The largest absolute Gasteiger partial charge is 0.334 e. The predicted molar refractivity (Wildman–Crippen MR) is 53.6 cm³/mol. The van der Waals surface area contributed by atoms with Crippen LogP contribution in [0.1, 0.15) is 0 Å². The van der Waals surface area contributed by atoms with Gasteiger partial charge in [0.15, 0.2) is 0 Å². The molecule has 0 saturated carbocycles. The molecule has 14 heavy (non-hydrogen) atoms. The van der Waals surface area contributed by atoms with Crippen LogP contribution in [0.4, 0.5) is 4.39 Å². The highest BCUT2D eigenvalue weighted by Crippen LogP contribution is 2.28. The van der Waals surface area contributed by atoms with Gasteiger partial charge in [-0.15, -0.1) is 0 Å². The van der Waals surface area contributed by atoms with Crippen LogP contribution in [0.3, 0.4) is 0 Å². The van der Waals surface area contributed by atoms with E-state index in [-0.39, 0.29) is 5.82 Å². The zero-order chi connectivity index (χ0) is 10.1.